The molecule has 6 heteroatoms. The SMILES string of the molecule is CCOC(=O)c1ccc(C#N)c(C)c1.CCOC(=O)c1ccc(C#N)c(C)c1. The summed E-state index contributed by atoms with van der Waals surface area (Å²) >= 11 is 0. The zero-order chi connectivity index (χ0) is 21.1. The van der Waals surface area contributed by atoms with Crippen molar-refractivity contribution < 1.29 is 19.1 Å². The summed E-state index contributed by atoms with van der Waals surface area (Å²) in [5.74, 6) is -0.694. The molecule has 0 bridgehead atoms. The Morgan fingerprint density at radius 1 is 0.786 bits per heavy atom. The number of nitrogens with zero attached hydrogens (tertiary/aromatic N) is 2. The first-order valence-corrected chi connectivity index (χ1v) is 8.73. The van der Waals surface area contributed by atoms with E-state index >= 15 is 0 Å². The molecule has 0 saturated carbocycles. The van der Waals surface area contributed by atoms with Crippen LogP contribution in [-0.2, 0) is 9.47 Å². The molecule has 0 radical (unpaired) electrons. The van der Waals surface area contributed by atoms with Gasteiger partial charge in [0, 0.05) is 0 Å². The summed E-state index contributed by atoms with van der Waals surface area (Å²) in [6, 6.07) is 13.9. The van der Waals surface area contributed by atoms with Gasteiger partial charge in [0.05, 0.1) is 47.6 Å². The molecule has 6 nitrogen and oxygen atoms in total. The Morgan fingerprint density at radius 2 is 1.14 bits per heavy atom. The summed E-state index contributed by atoms with van der Waals surface area (Å²) < 4.78 is 9.67. The highest BCUT2D eigenvalue weighted by Crippen LogP contribution is 2.11. The summed E-state index contributed by atoms with van der Waals surface area (Å²) in [7, 11) is 0. The van der Waals surface area contributed by atoms with E-state index in [9.17, 15) is 9.59 Å². The van der Waals surface area contributed by atoms with E-state index in [1.54, 1.807) is 64.1 Å². The first-order valence-electron chi connectivity index (χ1n) is 8.73. The molecule has 2 rings (SSSR count). The molecule has 0 amide bonds. The monoisotopic (exact) mass is 378 g/mol. The fourth-order valence-electron chi connectivity index (χ4n) is 2.26. The van der Waals surface area contributed by atoms with E-state index in [-0.39, 0.29) is 11.9 Å². The van der Waals surface area contributed by atoms with Crippen LogP contribution >= 0.6 is 0 Å². The average Bonchev–Trinajstić information content (AvgIpc) is 2.68. The smallest absolute Gasteiger partial charge is 0.338 e. The van der Waals surface area contributed by atoms with E-state index in [4.69, 9.17) is 20.0 Å². The van der Waals surface area contributed by atoms with Crippen LogP contribution in [0.3, 0.4) is 0 Å². The third kappa shape index (κ3) is 6.26. The number of benzene rings is 2. The lowest BCUT2D eigenvalue weighted by molar-refractivity contribution is 0.0516. The highest BCUT2D eigenvalue weighted by atomic mass is 16.5. The van der Waals surface area contributed by atoms with Crippen molar-refractivity contribution in [2.24, 2.45) is 0 Å². The number of carbonyl (C=O) groups is 2. The van der Waals surface area contributed by atoms with Gasteiger partial charge < -0.3 is 9.47 Å². The number of rotatable bonds is 4. The molecule has 0 unspecified atom stereocenters. The maximum atomic E-state index is 11.3. The predicted octanol–water partition coefficient (Wildman–Crippen LogP) is 4.09. The lowest BCUT2D eigenvalue weighted by Crippen LogP contribution is -2.04. The lowest BCUT2D eigenvalue weighted by Gasteiger charge is -2.03. The molecule has 0 aliphatic heterocycles. The summed E-state index contributed by atoms with van der Waals surface area (Å²) in [6.45, 7) is 7.82. The first kappa shape index (κ1) is 22.4. The molecule has 0 heterocycles. The van der Waals surface area contributed by atoms with E-state index in [2.05, 4.69) is 0 Å². The van der Waals surface area contributed by atoms with Crippen molar-refractivity contribution in [3.8, 4) is 12.1 Å². The summed E-state index contributed by atoms with van der Waals surface area (Å²) in [6.07, 6.45) is 0. The van der Waals surface area contributed by atoms with Gasteiger partial charge in [0.15, 0.2) is 0 Å². The second-order valence-electron chi connectivity index (χ2n) is 5.72. The number of hydrogen-bond acceptors (Lipinski definition) is 6. The van der Waals surface area contributed by atoms with Crippen molar-refractivity contribution in [2.75, 3.05) is 13.2 Å². The van der Waals surface area contributed by atoms with Gasteiger partial charge in [-0.3, -0.25) is 0 Å². The molecular weight excluding hydrogens is 356 g/mol. The highest BCUT2D eigenvalue weighted by Gasteiger charge is 2.08. The average molecular weight is 378 g/mol. The van der Waals surface area contributed by atoms with Crippen LogP contribution in [-0.4, -0.2) is 25.2 Å². The molecule has 28 heavy (non-hydrogen) atoms. The number of aryl methyl sites for hydroxylation is 2. The van der Waals surface area contributed by atoms with Crippen molar-refractivity contribution in [1.29, 1.82) is 10.5 Å². The minimum Gasteiger partial charge on any atom is -0.462 e. The van der Waals surface area contributed by atoms with Crippen LogP contribution in [0.5, 0.6) is 0 Å². The van der Waals surface area contributed by atoms with Crippen LogP contribution in [0.4, 0.5) is 0 Å². The Labute approximate surface area is 164 Å². The van der Waals surface area contributed by atoms with Crippen molar-refractivity contribution >= 4 is 11.9 Å². The highest BCUT2D eigenvalue weighted by molar-refractivity contribution is 5.90. The quantitative estimate of drug-likeness (QED) is 0.743. The van der Waals surface area contributed by atoms with Gasteiger partial charge in [0.25, 0.3) is 0 Å². The van der Waals surface area contributed by atoms with Crippen LogP contribution < -0.4 is 0 Å². The maximum absolute atomic E-state index is 11.3. The summed E-state index contributed by atoms with van der Waals surface area (Å²) in [4.78, 5) is 22.6. The molecule has 144 valence electrons. The van der Waals surface area contributed by atoms with E-state index in [1.807, 2.05) is 12.1 Å². The van der Waals surface area contributed by atoms with Gasteiger partial charge in [-0.25, -0.2) is 9.59 Å². The Bertz CT molecular complexity index is 859. The molecule has 0 aromatic heterocycles. The van der Waals surface area contributed by atoms with Crippen LogP contribution in [0.25, 0.3) is 0 Å². The molecule has 0 atom stereocenters. The fourth-order valence-corrected chi connectivity index (χ4v) is 2.26. The number of nitriles is 2. The van der Waals surface area contributed by atoms with Crippen molar-refractivity contribution in [2.45, 2.75) is 27.7 Å². The zero-order valence-electron chi connectivity index (χ0n) is 16.4. The minimum atomic E-state index is -0.347. The van der Waals surface area contributed by atoms with Crippen molar-refractivity contribution in [3.05, 3.63) is 69.8 Å². The van der Waals surface area contributed by atoms with Crippen molar-refractivity contribution in [3.63, 3.8) is 0 Å². The number of carbonyl (C=O) groups excluding carboxylic acids is 2. The molecule has 0 N–H and O–H groups in total. The van der Waals surface area contributed by atoms with E-state index in [1.165, 1.54) is 0 Å². The molecule has 0 saturated heterocycles. The van der Waals surface area contributed by atoms with Gasteiger partial charge in [-0.2, -0.15) is 10.5 Å². The zero-order valence-corrected chi connectivity index (χ0v) is 16.4. The molecule has 0 fully saturated rings. The van der Waals surface area contributed by atoms with Crippen LogP contribution in [0.15, 0.2) is 36.4 Å². The Morgan fingerprint density at radius 3 is 1.39 bits per heavy atom. The van der Waals surface area contributed by atoms with E-state index < -0.39 is 0 Å². The van der Waals surface area contributed by atoms with E-state index in [0.29, 0.717) is 35.5 Å². The number of ether oxygens (including phenoxy) is 2. The Kier molecular flexibility index (Phi) is 8.92. The predicted molar refractivity (Wildman–Crippen MR) is 104 cm³/mol. The third-order valence-corrected chi connectivity index (χ3v) is 3.72. The largest absolute Gasteiger partial charge is 0.462 e. The molecular formula is C22H22N2O4. The lowest BCUT2D eigenvalue weighted by atomic mass is 10.1. The van der Waals surface area contributed by atoms with Crippen LogP contribution in [0, 0.1) is 36.5 Å². The third-order valence-electron chi connectivity index (χ3n) is 3.72. The molecule has 2 aromatic carbocycles. The number of hydrogen-bond donors (Lipinski definition) is 0. The second kappa shape index (κ2) is 11.2. The second-order valence-corrected chi connectivity index (χ2v) is 5.72. The molecule has 2 aromatic rings. The minimum absolute atomic E-state index is 0.347. The summed E-state index contributed by atoms with van der Waals surface area (Å²) in [5.41, 5.74) is 3.72. The molecule has 0 spiro atoms. The van der Waals surface area contributed by atoms with E-state index in [0.717, 1.165) is 11.1 Å². The van der Waals surface area contributed by atoms with Gasteiger partial charge >= 0.3 is 11.9 Å². The maximum Gasteiger partial charge on any atom is 0.338 e. The molecule has 0 aliphatic carbocycles. The Hall–Kier alpha value is -3.64. The van der Waals surface area contributed by atoms with Gasteiger partial charge in [0.2, 0.25) is 0 Å². The standard InChI is InChI=1S/2C11H11NO2/c2*1-3-14-11(13)9-4-5-10(7-12)8(2)6-9/h2*4-6H,3H2,1-2H3. The van der Waals surface area contributed by atoms with Crippen molar-refractivity contribution in [1.82, 2.24) is 0 Å². The molecule has 0 aliphatic rings. The Balaban J connectivity index is 0.000000280. The number of esters is 2. The summed E-state index contributed by atoms with van der Waals surface area (Å²) in [5, 5.41) is 17.4. The van der Waals surface area contributed by atoms with Crippen LogP contribution in [0.2, 0.25) is 0 Å². The van der Waals surface area contributed by atoms with Crippen LogP contribution in [0.1, 0.15) is 56.8 Å². The van der Waals surface area contributed by atoms with Gasteiger partial charge in [0.1, 0.15) is 0 Å². The normalized spacial score (nSPS) is 9.21. The van der Waals surface area contributed by atoms with Gasteiger partial charge in [-0.1, -0.05) is 0 Å². The fraction of sp³-hybridized carbons (Fsp3) is 0.273. The van der Waals surface area contributed by atoms with Gasteiger partial charge in [-0.15, -0.1) is 0 Å². The first-order chi connectivity index (χ1) is 13.4. The topological polar surface area (TPSA) is 100 Å². The van der Waals surface area contributed by atoms with Gasteiger partial charge in [-0.05, 0) is 75.2 Å².